The van der Waals surface area contributed by atoms with Crippen LogP contribution < -0.4 is 5.32 Å². The highest BCUT2D eigenvalue weighted by Gasteiger charge is 2.13. The number of carbonyl (C=O) groups is 1. The second-order valence-electron chi connectivity index (χ2n) is 3.37. The van der Waals surface area contributed by atoms with Crippen LogP contribution in [0.5, 0.6) is 0 Å². The van der Waals surface area contributed by atoms with Crippen molar-refractivity contribution in [3.63, 3.8) is 0 Å². The van der Waals surface area contributed by atoms with Crippen molar-refractivity contribution in [3.05, 3.63) is 29.8 Å². The third kappa shape index (κ3) is 3.37. The van der Waals surface area contributed by atoms with Gasteiger partial charge in [-0.3, -0.25) is 14.0 Å². The molecular weight excluding hydrogens is 231 g/mol. The Labute approximate surface area is 95.7 Å². The number of amides is 1. The van der Waals surface area contributed by atoms with Crippen molar-refractivity contribution in [1.29, 1.82) is 0 Å². The van der Waals surface area contributed by atoms with Gasteiger partial charge in [0.1, 0.15) is 0 Å². The van der Waals surface area contributed by atoms with Crippen LogP contribution >= 0.6 is 0 Å². The van der Waals surface area contributed by atoms with Crippen LogP contribution in [0.3, 0.4) is 0 Å². The number of aromatic nitrogens is 1. The molecule has 0 aromatic carbocycles. The molecule has 1 aromatic heterocycles. The Morgan fingerprint density at radius 1 is 1.69 bits per heavy atom. The molecule has 0 fully saturated rings. The fourth-order valence-corrected chi connectivity index (χ4v) is 1.33. The number of halogens is 1. The summed E-state index contributed by atoms with van der Waals surface area (Å²) in [6.45, 7) is 2.00. The van der Waals surface area contributed by atoms with E-state index in [1.165, 1.54) is 12.3 Å². The van der Waals surface area contributed by atoms with Crippen molar-refractivity contribution >= 4 is 16.7 Å². The van der Waals surface area contributed by atoms with Crippen molar-refractivity contribution in [2.75, 3.05) is 12.8 Å². The van der Waals surface area contributed by atoms with Gasteiger partial charge in [0.25, 0.3) is 5.91 Å². The first kappa shape index (κ1) is 12.8. The lowest BCUT2D eigenvalue weighted by atomic mass is 10.2. The Morgan fingerprint density at radius 2 is 2.38 bits per heavy atom. The second-order valence-corrected chi connectivity index (χ2v) is 5.18. The fraction of sp³-hybridized carbons (Fsp3) is 0.400. The van der Waals surface area contributed by atoms with Gasteiger partial charge in [0.05, 0.1) is 11.8 Å². The molecule has 2 atom stereocenters. The third-order valence-corrected chi connectivity index (χ3v) is 3.43. The molecule has 1 heterocycles. The maximum absolute atomic E-state index is 13.1. The quantitative estimate of drug-likeness (QED) is 0.849. The van der Waals surface area contributed by atoms with E-state index < -0.39 is 22.5 Å². The summed E-state index contributed by atoms with van der Waals surface area (Å²) in [5, 5.41) is 2.36. The zero-order chi connectivity index (χ0) is 12.1. The zero-order valence-corrected chi connectivity index (χ0v) is 9.88. The van der Waals surface area contributed by atoms with Gasteiger partial charge in [0, 0.05) is 35.0 Å². The summed E-state index contributed by atoms with van der Waals surface area (Å²) in [5.74, 6) is -1.18. The Morgan fingerprint density at radius 3 is 2.94 bits per heavy atom. The van der Waals surface area contributed by atoms with Gasteiger partial charge >= 0.3 is 0 Å². The van der Waals surface area contributed by atoms with Gasteiger partial charge in [-0.15, -0.1) is 0 Å². The molecule has 6 heteroatoms. The molecule has 0 spiro atoms. The number of carbonyl (C=O) groups excluding carboxylic acids is 1. The van der Waals surface area contributed by atoms with Crippen LogP contribution in [0.2, 0.25) is 0 Å². The van der Waals surface area contributed by atoms with Crippen molar-refractivity contribution in [3.8, 4) is 0 Å². The molecular formula is C10H13FN2O2S. The summed E-state index contributed by atoms with van der Waals surface area (Å²) in [5.41, 5.74) is -0.0518. The minimum absolute atomic E-state index is 0.0518. The molecule has 0 aliphatic carbocycles. The standard InChI is InChI=1S/C10H13FN2O2S/c1-7(16(2)15)5-13-10(14)8-3-4-12-6-9(8)11/h3-4,6-7H,5H2,1-2H3,(H,13,14). The molecule has 0 saturated carbocycles. The fourth-order valence-electron chi connectivity index (χ4n) is 1.01. The molecule has 1 aromatic rings. The smallest absolute Gasteiger partial charge is 0.254 e. The number of nitrogens with one attached hydrogen (secondary N) is 1. The van der Waals surface area contributed by atoms with Crippen LogP contribution in [0.4, 0.5) is 4.39 Å². The molecule has 1 N–H and O–H groups in total. The normalized spacial score (nSPS) is 14.2. The van der Waals surface area contributed by atoms with Crippen molar-refractivity contribution in [2.45, 2.75) is 12.2 Å². The lowest BCUT2D eigenvalue weighted by Crippen LogP contribution is -2.33. The van der Waals surface area contributed by atoms with E-state index in [0.29, 0.717) is 0 Å². The van der Waals surface area contributed by atoms with Crippen molar-refractivity contribution in [2.24, 2.45) is 0 Å². The monoisotopic (exact) mass is 244 g/mol. The maximum Gasteiger partial charge on any atom is 0.254 e. The molecule has 4 nitrogen and oxygen atoms in total. The van der Waals surface area contributed by atoms with E-state index in [4.69, 9.17) is 0 Å². The number of hydrogen-bond donors (Lipinski definition) is 1. The Bertz CT molecular complexity index is 412. The Hall–Kier alpha value is -1.30. The van der Waals surface area contributed by atoms with E-state index in [-0.39, 0.29) is 17.4 Å². The van der Waals surface area contributed by atoms with E-state index in [0.717, 1.165) is 6.20 Å². The van der Waals surface area contributed by atoms with Crippen LogP contribution in [0, 0.1) is 5.82 Å². The number of nitrogens with zero attached hydrogens (tertiary/aromatic N) is 1. The van der Waals surface area contributed by atoms with Crippen LogP contribution in [0.15, 0.2) is 18.5 Å². The first-order valence-electron chi connectivity index (χ1n) is 4.72. The van der Waals surface area contributed by atoms with Gasteiger partial charge in [-0.05, 0) is 13.0 Å². The summed E-state index contributed by atoms with van der Waals surface area (Å²) in [4.78, 5) is 15.1. The Kier molecular flexibility index (Phi) is 4.54. The summed E-state index contributed by atoms with van der Waals surface area (Å²) in [6.07, 6.45) is 3.89. The van der Waals surface area contributed by atoms with E-state index >= 15 is 0 Å². The Balaban J connectivity index is 2.60. The topological polar surface area (TPSA) is 59.1 Å². The number of hydrogen-bond acceptors (Lipinski definition) is 3. The molecule has 1 amide bonds. The largest absolute Gasteiger partial charge is 0.351 e. The van der Waals surface area contributed by atoms with Crippen LogP contribution in [0.25, 0.3) is 0 Å². The second kappa shape index (κ2) is 5.69. The van der Waals surface area contributed by atoms with Crippen LogP contribution in [-0.2, 0) is 10.8 Å². The van der Waals surface area contributed by atoms with Gasteiger partial charge in [-0.25, -0.2) is 4.39 Å². The van der Waals surface area contributed by atoms with Gasteiger partial charge in [0.15, 0.2) is 5.82 Å². The van der Waals surface area contributed by atoms with Gasteiger partial charge < -0.3 is 5.32 Å². The van der Waals surface area contributed by atoms with Crippen LogP contribution in [0.1, 0.15) is 17.3 Å². The summed E-state index contributed by atoms with van der Waals surface area (Å²) in [6, 6.07) is 1.30. The molecule has 0 saturated heterocycles. The lowest BCUT2D eigenvalue weighted by Gasteiger charge is -2.09. The molecule has 0 radical (unpaired) electrons. The average Bonchev–Trinajstić information content (AvgIpc) is 2.25. The minimum Gasteiger partial charge on any atom is -0.351 e. The molecule has 2 unspecified atom stereocenters. The van der Waals surface area contributed by atoms with E-state index in [9.17, 15) is 13.4 Å². The molecule has 0 bridgehead atoms. The molecule has 0 aliphatic heterocycles. The highest BCUT2D eigenvalue weighted by atomic mass is 32.2. The highest BCUT2D eigenvalue weighted by Crippen LogP contribution is 2.04. The van der Waals surface area contributed by atoms with E-state index in [1.54, 1.807) is 13.2 Å². The van der Waals surface area contributed by atoms with E-state index in [1.807, 2.05) is 0 Å². The van der Waals surface area contributed by atoms with E-state index in [2.05, 4.69) is 10.3 Å². The lowest BCUT2D eigenvalue weighted by molar-refractivity contribution is 0.0950. The predicted molar refractivity (Wildman–Crippen MR) is 60.1 cm³/mol. The summed E-state index contributed by atoms with van der Waals surface area (Å²) in [7, 11) is -1.01. The highest BCUT2D eigenvalue weighted by molar-refractivity contribution is 7.84. The SMILES string of the molecule is CC(CNC(=O)c1ccncc1F)S(C)=O. The summed E-state index contributed by atoms with van der Waals surface area (Å²) < 4.78 is 24.2. The van der Waals surface area contributed by atoms with Gasteiger partial charge in [-0.2, -0.15) is 0 Å². The minimum atomic E-state index is -1.01. The first-order valence-corrected chi connectivity index (χ1v) is 6.34. The average molecular weight is 244 g/mol. The van der Waals surface area contributed by atoms with Gasteiger partial charge in [-0.1, -0.05) is 0 Å². The van der Waals surface area contributed by atoms with Gasteiger partial charge in [0.2, 0.25) is 0 Å². The zero-order valence-electron chi connectivity index (χ0n) is 9.07. The third-order valence-electron chi connectivity index (χ3n) is 2.13. The van der Waals surface area contributed by atoms with Crippen molar-refractivity contribution < 1.29 is 13.4 Å². The predicted octanol–water partition coefficient (Wildman–Crippen LogP) is 0.718. The maximum atomic E-state index is 13.1. The van der Waals surface area contributed by atoms with Crippen LogP contribution in [-0.4, -0.2) is 33.2 Å². The molecule has 16 heavy (non-hydrogen) atoms. The number of rotatable bonds is 4. The van der Waals surface area contributed by atoms with Crippen molar-refractivity contribution in [1.82, 2.24) is 10.3 Å². The number of pyridine rings is 1. The molecule has 1 rings (SSSR count). The first-order chi connectivity index (χ1) is 7.52. The summed E-state index contributed by atoms with van der Waals surface area (Å²) >= 11 is 0. The molecule has 88 valence electrons. The molecule has 0 aliphatic rings.